The van der Waals surface area contributed by atoms with E-state index in [9.17, 15) is 19.7 Å². The lowest BCUT2D eigenvalue weighted by atomic mass is 9.95. The summed E-state index contributed by atoms with van der Waals surface area (Å²) in [5.74, 6) is -0.872. The van der Waals surface area contributed by atoms with Gasteiger partial charge in [-0.15, -0.1) is 0 Å². The molecule has 0 aliphatic carbocycles. The lowest BCUT2D eigenvalue weighted by Crippen LogP contribution is -2.47. The zero-order chi connectivity index (χ0) is 19.2. The van der Waals surface area contributed by atoms with Crippen molar-refractivity contribution in [2.45, 2.75) is 12.8 Å². The van der Waals surface area contributed by atoms with Crippen molar-refractivity contribution in [1.29, 1.82) is 0 Å². The molecule has 2 aromatic rings. The fourth-order valence-corrected chi connectivity index (χ4v) is 3.15. The van der Waals surface area contributed by atoms with Crippen LogP contribution in [0.25, 0.3) is 0 Å². The van der Waals surface area contributed by atoms with Crippen molar-refractivity contribution in [3.63, 3.8) is 0 Å². The van der Waals surface area contributed by atoms with Gasteiger partial charge in [0.2, 0.25) is 5.91 Å². The molecule has 140 valence electrons. The number of benzene rings is 2. The third-order valence-corrected chi connectivity index (χ3v) is 4.62. The van der Waals surface area contributed by atoms with Gasteiger partial charge >= 0.3 is 0 Å². The van der Waals surface area contributed by atoms with Gasteiger partial charge in [-0.2, -0.15) is 0 Å². The Kier molecular flexibility index (Phi) is 5.65. The van der Waals surface area contributed by atoms with Crippen LogP contribution in [-0.4, -0.2) is 29.8 Å². The second-order valence-electron chi connectivity index (χ2n) is 6.32. The Balaban J connectivity index is 1.53. The Bertz CT molecular complexity index is 833. The number of hydrogen-bond donors (Lipinski definition) is 2. The van der Waals surface area contributed by atoms with Gasteiger partial charge in [0.05, 0.1) is 4.92 Å². The Labute approximate surface area is 156 Å². The van der Waals surface area contributed by atoms with E-state index in [2.05, 4.69) is 10.9 Å². The number of anilines is 1. The number of hydrazine groups is 1. The van der Waals surface area contributed by atoms with Crippen molar-refractivity contribution < 1.29 is 14.5 Å². The van der Waals surface area contributed by atoms with Gasteiger partial charge in [0, 0.05) is 30.6 Å². The molecular weight excluding hydrogens is 348 g/mol. The molecule has 0 unspecified atom stereocenters. The minimum atomic E-state index is -0.396. The molecule has 3 rings (SSSR count). The van der Waals surface area contributed by atoms with Gasteiger partial charge in [-0.3, -0.25) is 30.6 Å². The molecular formula is C19H20N4O4. The van der Waals surface area contributed by atoms with Crippen LogP contribution in [0.3, 0.4) is 0 Å². The number of nitro groups is 1. The van der Waals surface area contributed by atoms with E-state index in [1.165, 1.54) is 6.07 Å². The molecule has 1 heterocycles. The summed E-state index contributed by atoms with van der Waals surface area (Å²) in [6.07, 6.45) is 1.11. The minimum absolute atomic E-state index is 0.0653. The fourth-order valence-electron chi connectivity index (χ4n) is 3.15. The van der Waals surface area contributed by atoms with E-state index in [0.29, 0.717) is 37.2 Å². The van der Waals surface area contributed by atoms with Crippen LogP contribution in [0.1, 0.15) is 23.2 Å². The zero-order valence-corrected chi connectivity index (χ0v) is 14.6. The normalized spacial score (nSPS) is 14.4. The monoisotopic (exact) mass is 368 g/mol. The van der Waals surface area contributed by atoms with Gasteiger partial charge in [0.15, 0.2) is 0 Å². The molecule has 1 saturated heterocycles. The molecule has 27 heavy (non-hydrogen) atoms. The van der Waals surface area contributed by atoms with Crippen LogP contribution in [0.15, 0.2) is 54.6 Å². The summed E-state index contributed by atoms with van der Waals surface area (Å²) in [5.41, 5.74) is 5.99. The first-order valence-electron chi connectivity index (χ1n) is 8.70. The number of nitrogens with zero attached hydrogens (tertiary/aromatic N) is 2. The van der Waals surface area contributed by atoms with Crippen LogP contribution in [0.5, 0.6) is 0 Å². The average Bonchev–Trinajstić information content (AvgIpc) is 2.72. The van der Waals surface area contributed by atoms with E-state index in [1.807, 2.05) is 4.90 Å². The highest BCUT2D eigenvalue weighted by atomic mass is 16.6. The summed E-state index contributed by atoms with van der Waals surface area (Å²) in [7, 11) is 0. The maximum atomic E-state index is 12.3. The minimum Gasteiger partial charge on any atom is -0.366 e. The molecule has 1 fully saturated rings. The van der Waals surface area contributed by atoms with E-state index < -0.39 is 4.92 Å². The van der Waals surface area contributed by atoms with Crippen molar-refractivity contribution in [3.05, 3.63) is 70.3 Å². The summed E-state index contributed by atoms with van der Waals surface area (Å²) in [6.45, 7) is 1.07. The second-order valence-corrected chi connectivity index (χ2v) is 6.32. The maximum Gasteiger partial charge on any atom is 0.292 e. The van der Waals surface area contributed by atoms with Gasteiger partial charge in [-0.1, -0.05) is 30.3 Å². The van der Waals surface area contributed by atoms with Crippen LogP contribution in [0.2, 0.25) is 0 Å². The smallest absolute Gasteiger partial charge is 0.292 e. The molecule has 0 aromatic heterocycles. The van der Waals surface area contributed by atoms with Gasteiger partial charge in [-0.05, 0) is 31.0 Å². The topological polar surface area (TPSA) is 105 Å². The predicted octanol–water partition coefficient (Wildman–Crippen LogP) is 2.27. The van der Waals surface area contributed by atoms with Crippen molar-refractivity contribution >= 4 is 23.2 Å². The quantitative estimate of drug-likeness (QED) is 0.636. The van der Waals surface area contributed by atoms with Crippen LogP contribution in [0, 0.1) is 16.0 Å². The number of carbonyl (C=O) groups is 2. The average molecular weight is 368 g/mol. The van der Waals surface area contributed by atoms with Crippen LogP contribution < -0.4 is 15.8 Å². The lowest BCUT2D eigenvalue weighted by molar-refractivity contribution is -0.384. The standard InChI is InChI=1S/C19H20N4O4/c24-18(14-6-2-1-3-7-14)20-21-19(25)15-10-12-22(13-11-15)16-8-4-5-9-17(16)23(26)27/h1-9,15H,10-13H2,(H,20,24)(H,21,25). The Morgan fingerprint density at radius 3 is 2.26 bits per heavy atom. The van der Waals surface area contributed by atoms with Gasteiger partial charge in [0.25, 0.3) is 11.6 Å². The van der Waals surface area contributed by atoms with Crippen LogP contribution in [0.4, 0.5) is 11.4 Å². The molecule has 0 saturated carbocycles. The molecule has 8 nitrogen and oxygen atoms in total. The Morgan fingerprint density at radius 1 is 0.963 bits per heavy atom. The van der Waals surface area contributed by atoms with E-state index in [-0.39, 0.29) is 23.4 Å². The van der Waals surface area contributed by atoms with Crippen molar-refractivity contribution in [2.75, 3.05) is 18.0 Å². The fraction of sp³-hybridized carbons (Fsp3) is 0.263. The number of para-hydroxylation sites is 2. The highest BCUT2D eigenvalue weighted by molar-refractivity contribution is 5.95. The summed E-state index contributed by atoms with van der Waals surface area (Å²) in [6, 6.07) is 15.2. The zero-order valence-electron chi connectivity index (χ0n) is 14.6. The lowest BCUT2D eigenvalue weighted by Gasteiger charge is -2.32. The molecule has 0 spiro atoms. The number of hydrogen-bond acceptors (Lipinski definition) is 5. The molecule has 0 atom stereocenters. The molecule has 2 N–H and O–H groups in total. The first-order chi connectivity index (χ1) is 13.1. The van der Waals surface area contributed by atoms with E-state index in [4.69, 9.17) is 0 Å². The summed E-state index contributed by atoms with van der Waals surface area (Å²) >= 11 is 0. The highest BCUT2D eigenvalue weighted by Crippen LogP contribution is 2.31. The summed E-state index contributed by atoms with van der Waals surface area (Å²) in [4.78, 5) is 37.0. The summed E-state index contributed by atoms with van der Waals surface area (Å²) in [5, 5.41) is 11.2. The number of piperidine rings is 1. The van der Waals surface area contributed by atoms with Crippen molar-refractivity contribution in [2.24, 2.45) is 5.92 Å². The predicted molar refractivity (Wildman–Crippen MR) is 100 cm³/mol. The Hall–Kier alpha value is -3.42. The number of rotatable bonds is 4. The summed E-state index contributed by atoms with van der Waals surface area (Å²) < 4.78 is 0. The van der Waals surface area contributed by atoms with E-state index >= 15 is 0 Å². The highest BCUT2D eigenvalue weighted by Gasteiger charge is 2.28. The third-order valence-electron chi connectivity index (χ3n) is 4.62. The van der Waals surface area contributed by atoms with Crippen molar-refractivity contribution in [3.8, 4) is 0 Å². The van der Waals surface area contributed by atoms with E-state index in [0.717, 1.165) is 0 Å². The van der Waals surface area contributed by atoms with Crippen LogP contribution in [-0.2, 0) is 4.79 Å². The van der Waals surface area contributed by atoms with Gasteiger partial charge in [-0.25, -0.2) is 0 Å². The molecule has 1 aliphatic heterocycles. The van der Waals surface area contributed by atoms with Gasteiger partial charge in [0.1, 0.15) is 5.69 Å². The molecule has 2 aromatic carbocycles. The van der Waals surface area contributed by atoms with Crippen LogP contribution >= 0.6 is 0 Å². The molecule has 0 radical (unpaired) electrons. The van der Waals surface area contributed by atoms with Gasteiger partial charge < -0.3 is 4.90 Å². The number of nitro benzene ring substituents is 1. The largest absolute Gasteiger partial charge is 0.366 e. The second kappa shape index (κ2) is 8.31. The Morgan fingerprint density at radius 2 is 1.59 bits per heavy atom. The molecule has 2 amide bonds. The van der Waals surface area contributed by atoms with E-state index in [1.54, 1.807) is 48.5 Å². The number of carbonyl (C=O) groups excluding carboxylic acids is 2. The number of nitrogens with one attached hydrogen (secondary N) is 2. The molecule has 1 aliphatic rings. The number of amides is 2. The first-order valence-corrected chi connectivity index (χ1v) is 8.70. The van der Waals surface area contributed by atoms with Crippen molar-refractivity contribution in [1.82, 2.24) is 10.9 Å². The molecule has 0 bridgehead atoms. The third kappa shape index (κ3) is 4.41. The first kappa shape index (κ1) is 18.4. The SMILES string of the molecule is O=C(NNC(=O)C1CCN(c2ccccc2[N+](=O)[O-])CC1)c1ccccc1. The molecule has 8 heteroatoms. The maximum absolute atomic E-state index is 12.3.